The van der Waals surface area contributed by atoms with Gasteiger partial charge in [0.2, 0.25) is 5.91 Å². The Morgan fingerprint density at radius 3 is 2.74 bits per heavy atom. The van der Waals surface area contributed by atoms with Gasteiger partial charge in [0.1, 0.15) is 5.75 Å². The summed E-state index contributed by atoms with van der Waals surface area (Å²) in [6.07, 6.45) is 0. The van der Waals surface area contributed by atoms with Crippen LogP contribution in [-0.4, -0.2) is 19.1 Å². The minimum absolute atomic E-state index is 0.171. The van der Waals surface area contributed by atoms with Crippen molar-refractivity contribution in [1.29, 1.82) is 0 Å². The predicted octanol–water partition coefficient (Wildman–Crippen LogP) is 1.81. The topological polar surface area (TPSA) is 64.3 Å². The van der Waals surface area contributed by atoms with Crippen molar-refractivity contribution in [2.75, 3.05) is 7.11 Å². The number of amides is 1. The first-order chi connectivity index (χ1) is 9.13. The lowest BCUT2D eigenvalue weighted by Crippen LogP contribution is -2.37. The molecule has 0 spiro atoms. The number of nitrogens with two attached hydrogens (primary N) is 1. The summed E-state index contributed by atoms with van der Waals surface area (Å²) in [4.78, 5) is 11.6. The highest BCUT2D eigenvalue weighted by Gasteiger charge is 2.11. The van der Waals surface area contributed by atoms with Crippen LogP contribution in [0, 0.1) is 0 Å². The number of nitrogens with one attached hydrogen (secondary N) is 1. The van der Waals surface area contributed by atoms with E-state index in [4.69, 9.17) is 10.5 Å². The molecule has 1 amide bonds. The third-order valence-electron chi connectivity index (χ3n) is 3.07. The largest absolute Gasteiger partial charge is 0.496 e. The third kappa shape index (κ3) is 2.85. The molecule has 4 heteroatoms. The van der Waals surface area contributed by atoms with Crippen molar-refractivity contribution >= 4 is 16.7 Å². The number of methoxy groups -OCH3 is 1. The van der Waals surface area contributed by atoms with E-state index in [9.17, 15) is 4.79 Å². The molecule has 0 radical (unpaired) electrons. The molecule has 3 N–H and O–H groups in total. The molecule has 0 aromatic heterocycles. The highest BCUT2D eigenvalue weighted by Crippen LogP contribution is 2.27. The minimum Gasteiger partial charge on any atom is -0.496 e. The first-order valence-corrected chi connectivity index (χ1v) is 6.21. The Morgan fingerprint density at radius 1 is 1.32 bits per heavy atom. The molecule has 0 aliphatic heterocycles. The molecular formula is C15H18N2O2. The zero-order valence-electron chi connectivity index (χ0n) is 11.1. The fraction of sp³-hybridized carbons (Fsp3) is 0.267. The lowest BCUT2D eigenvalue weighted by Gasteiger charge is -2.14. The Bertz CT molecular complexity index is 594. The Labute approximate surface area is 112 Å². The molecule has 0 bridgehead atoms. The van der Waals surface area contributed by atoms with Crippen LogP contribution in [0.5, 0.6) is 5.75 Å². The maximum atomic E-state index is 11.6. The lowest BCUT2D eigenvalue weighted by molar-refractivity contribution is -0.122. The molecule has 0 fully saturated rings. The summed E-state index contributed by atoms with van der Waals surface area (Å²) in [7, 11) is 1.63. The van der Waals surface area contributed by atoms with E-state index in [2.05, 4.69) is 5.32 Å². The quantitative estimate of drug-likeness (QED) is 0.879. The van der Waals surface area contributed by atoms with Gasteiger partial charge in [-0.15, -0.1) is 0 Å². The summed E-state index contributed by atoms with van der Waals surface area (Å²) in [6, 6.07) is 11.4. The van der Waals surface area contributed by atoms with Gasteiger partial charge in [0.25, 0.3) is 0 Å². The molecule has 2 aromatic carbocycles. The van der Waals surface area contributed by atoms with Crippen LogP contribution in [0.4, 0.5) is 0 Å². The molecule has 19 heavy (non-hydrogen) atoms. The van der Waals surface area contributed by atoms with Gasteiger partial charge in [-0.2, -0.15) is 0 Å². The number of carbonyl (C=O) groups excluding carboxylic acids is 1. The predicted molar refractivity (Wildman–Crippen MR) is 76.0 cm³/mol. The summed E-state index contributed by atoms with van der Waals surface area (Å²) in [5.41, 5.74) is 6.51. The van der Waals surface area contributed by atoms with Crippen molar-refractivity contribution in [3.05, 3.63) is 42.0 Å². The van der Waals surface area contributed by atoms with Crippen molar-refractivity contribution in [3.8, 4) is 5.75 Å². The maximum absolute atomic E-state index is 11.6. The number of carbonyl (C=O) groups is 1. The van der Waals surface area contributed by atoms with Gasteiger partial charge in [-0.3, -0.25) is 4.79 Å². The Morgan fingerprint density at radius 2 is 2.05 bits per heavy atom. The molecule has 100 valence electrons. The van der Waals surface area contributed by atoms with Crippen molar-refractivity contribution in [1.82, 2.24) is 5.32 Å². The average molecular weight is 258 g/mol. The average Bonchev–Trinajstić information content (AvgIpc) is 2.43. The Kier molecular flexibility index (Phi) is 4.02. The van der Waals surface area contributed by atoms with E-state index in [0.717, 1.165) is 22.1 Å². The molecule has 4 nitrogen and oxygen atoms in total. The molecule has 0 aliphatic rings. The van der Waals surface area contributed by atoms with Gasteiger partial charge >= 0.3 is 0 Å². The summed E-state index contributed by atoms with van der Waals surface area (Å²) in [5.74, 6) is 0.596. The van der Waals surface area contributed by atoms with Gasteiger partial charge in [-0.1, -0.05) is 30.3 Å². The van der Waals surface area contributed by atoms with Crippen LogP contribution in [0.2, 0.25) is 0 Å². The van der Waals surface area contributed by atoms with Gasteiger partial charge in [-0.05, 0) is 23.8 Å². The summed E-state index contributed by atoms with van der Waals surface area (Å²) < 4.78 is 5.36. The molecular weight excluding hydrogens is 240 g/mol. The molecule has 2 rings (SSSR count). The highest BCUT2D eigenvalue weighted by molar-refractivity contribution is 5.88. The Hall–Kier alpha value is -2.07. The second-order valence-corrected chi connectivity index (χ2v) is 4.47. The fourth-order valence-electron chi connectivity index (χ4n) is 2.03. The highest BCUT2D eigenvalue weighted by atomic mass is 16.5. The fourth-order valence-corrected chi connectivity index (χ4v) is 2.03. The first-order valence-electron chi connectivity index (χ1n) is 6.21. The van der Waals surface area contributed by atoms with Crippen molar-refractivity contribution in [2.24, 2.45) is 5.73 Å². The van der Waals surface area contributed by atoms with Crippen molar-refractivity contribution < 1.29 is 9.53 Å². The number of benzene rings is 2. The first kappa shape index (κ1) is 13.4. The summed E-state index contributed by atoms with van der Waals surface area (Å²) in [6.45, 7) is 2.07. The van der Waals surface area contributed by atoms with E-state index in [1.165, 1.54) is 0 Å². The van der Waals surface area contributed by atoms with Gasteiger partial charge in [0.05, 0.1) is 13.2 Å². The number of hydrogen-bond donors (Lipinski definition) is 2. The van der Waals surface area contributed by atoms with E-state index < -0.39 is 6.04 Å². The van der Waals surface area contributed by atoms with Crippen molar-refractivity contribution in [3.63, 3.8) is 0 Å². The van der Waals surface area contributed by atoms with E-state index in [1.807, 2.05) is 36.4 Å². The van der Waals surface area contributed by atoms with Gasteiger partial charge in [0, 0.05) is 12.1 Å². The molecule has 1 atom stereocenters. The van der Waals surface area contributed by atoms with Crippen LogP contribution in [0.3, 0.4) is 0 Å². The van der Waals surface area contributed by atoms with Gasteiger partial charge < -0.3 is 15.8 Å². The second kappa shape index (κ2) is 5.71. The Balaban J connectivity index is 2.36. The molecule has 0 saturated heterocycles. The van der Waals surface area contributed by atoms with Crippen LogP contribution in [0.1, 0.15) is 12.5 Å². The summed E-state index contributed by atoms with van der Waals surface area (Å²) >= 11 is 0. The third-order valence-corrected chi connectivity index (χ3v) is 3.07. The van der Waals surface area contributed by atoms with E-state index >= 15 is 0 Å². The summed E-state index contributed by atoms with van der Waals surface area (Å²) in [5, 5.41) is 5.02. The standard InChI is InChI=1S/C15H18N2O2/c1-10(16)15(18)17-9-13-12-6-4-3-5-11(12)7-8-14(13)19-2/h3-8,10H,9,16H2,1-2H3,(H,17,18)/t10-/m0/s1. The van der Waals surface area contributed by atoms with Gasteiger partial charge in [-0.25, -0.2) is 0 Å². The van der Waals surface area contributed by atoms with Crippen LogP contribution < -0.4 is 15.8 Å². The smallest absolute Gasteiger partial charge is 0.236 e. The van der Waals surface area contributed by atoms with Crippen LogP contribution in [-0.2, 0) is 11.3 Å². The van der Waals surface area contributed by atoms with Crippen LogP contribution >= 0.6 is 0 Å². The lowest BCUT2D eigenvalue weighted by atomic mass is 10.0. The second-order valence-electron chi connectivity index (χ2n) is 4.47. The number of fused-ring (bicyclic) bond motifs is 1. The molecule has 2 aromatic rings. The molecule has 0 saturated carbocycles. The molecule has 0 heterocycles. The number of rotatable bonds is 4. The molecule has 0 aliphatic carbocycles. The van der Waals surface area contributed by atoms with Crippen LogP contribution in [0.25, 0.3) is 10.8 Å². The van der Waals surface area contributed by atoms with Gasteiger partial charge in [0.15, 0.2) is 0 Å². The SMILES string of the molecule is COc1ccc2ccccc2c1CNC(=O)[C@H](C)N. The maximum Gasteiger partial charge on any atom is 0.236 e. The van der Waals surface area contributed by atoms with Crippen LogP contribution in [0.15, 0.2) is 36.4 Å². The number of hydrogen-bond acceptors (Lipinski definition) is 3. The zero-order chi connectivity index (χ0) is 13.8. The minimum atomic E-state index is -0.513. The van der Waals surface area contributed by atoms with Crippen molar-refractivity contribution in [2.45, 2.75) is 19.5 Å². The number of ether oxygens (including phenoxy) is 1. The van der Waals surface area contributed by atoms with E-state index in [0.29, 0.717) is 6.54 Å². The monoisotopic (exact) mass is 258 g/mol. The van der Waals surface area contributed by atoms with E-state index in [-0.39, 0.29) is 5.91 Å². The van der Waals surface area contributed by atoms with E-state index in [1.54, 1.807) is 14.0 Å². The normalized spacial score (nSPS) is 12.2. The zero-order valence-corrected chi connectivity index (χ0v) is 11.1. The molecule has 0 unspecified atom stereocenters.